The van der Waals surface area contributed by atoms with E-state index in [0.717, 1.165) is 19.6 Å². The first-order valence-electron chi connectivity index (χ1n) is 6.83. The van der Waals surface area contributed by atoms with E-state index in [0.29, 0.717) is 0 Å². The summed E-state index contributed by atoms with van der Waals surface area (Å²) >= 11 is 0. The average molecular weight is 331 g/mol. The summed E-state index contributed by atoms with van der Waals surface area (Å²) in [5.41, 5.74) is -0.172. The van der Waals surface area contributed by atoms with Gasteiger partial charge in [0.25, 0.3) is 0 Å². The Labute approximate surface area is 132 Å². The lowest BCUT2D eigenvalue weighted by Crippen LogP contribution is -2.69. The Morgan fingerprint density at radius 1 is 0.870 bits per heavy atom. The number of nitrogens with one attached hydrogen (secondary N) is 1. The normalized spacial score (nSPS) is 32.8. The Kier molecular flexibility index (Phi) is 4.28. The Bertz CT molecular complexity index is 536. The molecule has 11 heteroatoms. The molecule has 0 aromatic rings. The lowest BCUT2D eigenvalue weighted by Gasteiger charge is -2.46. The van der Waals surface area contributed by atoms with Crippen molar-refractivity contribution in [1.82, 2.24) is 24.9 Å². The zero-order valence-electron chi connectivity index (χ0n) is 13.2. The van der Waals surface area contributed by atoms with E-state index in [1.54, 1.807) is 0 Å². The molecule has 0 aromatic carbocycles. The van der Waals surface area contributed by atoms with Gasteiger partial charge in [-0.15, -0.1) is 0 Å². The van der Waals surface area contributed by atoms with Crippen molar-refractivity contribution < 1.29 is 30.0 Å². The second kappa shape index (κ2) is 5.76. The first-order chi connectivity index (χ1) is 10.6. The van der Waals surface area contributed by atoms with Gasteiger partial charge in [-0.25, -0.2) is 9.59 Å². The molecule has 1 saturated heterocycles. The van der Waals surface area contributed by atoms with Crippen molar-refractivity contribution in [1.29, 1.82) is 0 Å². The molecule has 2 heterocycles. The average Bonchev–Trinajstić information content (AvgIpc) is 2.54. The molecule has 0 bridgehead atoms. The number of carbonyl (C=O) groups is 2. The van der Waals surface area contributed by atoms with Crippen LogP contribution in [0.5, 0.6) is 0 Å². The predicted molar refractivity (Wildman–Crippen MR) is 76.4 cm³/mol. The monoisotopic (exact) mass is 331 g/mol. The highest BCUT2D eigenvalue weighted by atomic mass is 16.3. The number of amides is 4. The maximum absolute atomic E-state index is 11.8. The minimum Gasteiger partial charge on any atom is -0.493 e. The van der Waals surface area contributed by atoms with Gasteiger partial charge in [0, 0.05) is 28.2 Å². The molecule has 0 spiro atoms. The molecule has 0 radical (unpaired) electrons. The zero-order chi connectivity index (χ0) is 17.6. The molecule has 0 aliphatic carbocycles. The molecule has 4 amide bonds. The van der Waals surface area contributed by atoms with Crippen molar-refractivity contribution in [3.8, 4) is 0 Å². The molecule has 3 unspecified atom stereocenters. The van der Waals surface area contributed by atoms with Crippen LogP contribution in [0.1, 0.15) is 0 Å². The molecule has 0 saturated carbocycles. The molecule has 5 N–H and O–H groups in total. The molecule has 1 fully saturated rings. The molecule has 0 aromatic heterocycles. The van der Waals surface area contributed by atoms with Crippen molar-refractivity contribution in [2.45, 2.75) is 24.7 Å². The lowest BCUT2D eigenvalue weighted by molar-refractivity contribution is -0.108. The molecular weight excluding hydrogens is 310 g/mol. The maximum Gasteiger partial charge on any atom is 0.328 e. The van der Waals surface area contributed by atoms with Gasteiger partial charge >= 0.3 is 12.1 Å². The fourth-order valence-electron chi connectivity index (χ4n) is 2.50. The predicted octanol–water partition coefficient (Wildman–Crippen LogP) is -2.38. The van der Waals surface area contributed by atoms with Gasteiger partial charge in [-0.2, -0.15) is 0 Å². The summed E-state index contributed by atoms with van der Waals surface area (Å²) in [5, 5.41) is 43.1. The van der Waals surface area contributed by atoms with Crippen LogP contribution in [-0.4, -0.2) is 105 Å². The summed E-state index contributed by atoms with van der Waals surface area (Å²) in [6.45, 7) is 0. The second-order valence-corrected chi connectivity index (χ2v) is 5.57. The zero-order valence-corrected chi connectivity index (χ0v) is 13.2. The largest absolute Gasteiger partial charge is 0.493 e. The SMILES string of the molecule is CN1C(=O)N(C)C(O)C(NC2C(O)N(C)C(=O)N(C)C2O)=C1O. The quantitative estimate of drug-likeness (QED) is 0.381. The lowest BCUT2D eigenvalue weighted by atomic mass is 10.1. The summed E-state index contributed by atoms with van der Waals surface area (Å²) < 4.78 is 0. The van der Waals surface area contributed by atoms with Crippen molar-refractivity contribution >= 4 is 12.1 Å². The van der Waals surface area contributed by atoms with Crippen molar-refractivity contribution in [3.05, 3.63) is 11.6 Å². The van der Waals surface area contributed by atoms with Crippen LogP contribution in [0.3, 0.4) is 0 Å². The van der Waals surface area contributed by atoms with Crippen molar-refractivity contribution in [3.63, 3.8) is 0 Å². The van der Waals surface area contributed by atoms with E-state index in [1.807, 2.05) is 0 Å². The van der Waals surface area contributed by atoms with Crippen LogP contribution in [-0.2, 0) is 0 Å². The molecule has 2 aliphatic rings. The molecule has 11 nitrogen and oxygen atoms in total. The van der Waals surface area contributed by atoms with Crippen molar-refractivity contribution in [2.24, 2.45) is 0 Å². The van der Waals surface area contributed by atoms with Gasteiger partial charge in [0.15, 0.2) is 18.7 Å². The van der Waals surface area contributed by atoms with Crippen LogP contribution in [0.25, 0.3) is 0 Å². The van der Waals surface area contributed by atoms with E-state index in [9.17, 15) is 30.0 Å². The number of aliphatic hydroxyl groups excluding tert-OH is 4. The van der Waals surface area contributed by atoms with Crippen LogP contribution < -0.4 is 5.32 Å². The summed E-state index contributed by atoms with van der Waals surface area (Å²) in [7, 11) is 5.32. The van der Waals surface area contributed by atoms with Gasteiger partial charge in [-0.3, -0.25) is 19.6 Å². The number of hydrogen-bond acceptors (Lipinski definition) is 7. The summed E-state index contributed by atoms with van der Waals surface area (Å²) in [6.07, 6.45) is -4.31. The Morgan fingerprint density at radius 3 is 1.83 bits per heavy atom. The first kappa shape index (κ1) is 17.1. The van der Waals surface area contributed by atoms with E-state index < -0.39 is 42.7 Å². The second-order valence-electron chi connectivity index (χ2n) is 5.57. The third kappa shape index (κ3) is 2.52. The van der Waals surface area contributed by atoms with Gasteiger partial charge in [-0.1, -0.05) is 0 Å². The molecular formula is C12H21N5O6. The van der Waals surface area contributed by atoms with Crippen LogP contribution in [0.15, 0.2) is 11.6 Å². The Hall–Kier alpha value is -2.24. The number of rotatable bonds is 2. The highest BCUT2D eigenvalue weighted by molar-refractivity contribution is 5.77. The third-order valence-corrected chi connectivity index (χ3v) is 4.13. The van der Waals surface area contributed by atoms with Gasteiger partial charge < -0.3 is 25.7 Å². The Balaban J connectivity index is 2.32. The minimum atomic E-state index is -1.49. The number of aliphatic hydroxyl groups is 4. The van der Waals surface area contributed by atoms with E-state index in [4.69, 9.17) is 0 Å². The molecule has 3 atom stereocenters. The third-order valence-electron chi connectivity index (χ3n) is 4.13. The fourth-order valence-corrected chi connectivity index (χ4v) is 2.50. The van der Waals surface area contributed by atoms with E-state index in [-0.39, 0.29) is 5.70 Å². The molecule has 2 rings (SSSR count). The summed E-state index contributed by atoms with van der Waals surface area (Å²) in [6, 6.07) is -2.34. The Morgan fingerprint density at radius 2 is 1.35 bits per heavy atom. The topological polar surface area (TPSA) is 140 Å². The maximum atomic E-state index is 11.8. The number of urea groups is 2. The van der Waals surface area contributed by atoms with Crippen LogP contribution >= 0.6 is 0 Å². The smallest absolute Gasteiger partial charge is 0.328 e. The first-order valence-corrected chi connectivity index (χ1v) is 6.83. The van der Waals surface area contributed by atoms with E-state index >= 15 is 0 Å². The molecule has 23 heavy (non-hydrogen) atoms. The van der Waals surface area contributed by atoms with Gasteiger partial charge in [0.1, 0.15) is 11.7 Å². The number of carbonyl (C=O) groups excluding carboxylic acids is 2. The number of nitrogens with zero attached hydrogens (tertiary/aromatic N) is 4. The molecule has 2 aliphatic heterocycles. The van der Waals surface area contributed by atoms with E-state index in [1.165, 1.54) is 28.2 Å². The highest BCUT2D eigenvalue weighted by Gasteiger charge is 2.45. The summed E-state index contributed by atoms with van der Waals surface area (Å²) in [5.74, 6) is -0.540. The van der Waals surface area contributed by atoms with Crippen LogP contribution in [0, 0.1) is 0 Å². The van der Waals surface area contributed by atoms with Crippen LogP contribution in [0.4, 0.5) is 9.59 Å². The summed E-state index contributed by atoms with van der Waals surface area (Å²) in [4.78, 5) is 27.4. The van der Waals surface area contributed by atoms with Gasteiger partial charge in [0.05, 0.1) is 0 Å². The molecule has 130 valence electrons. The highest BCUT2D eigenvalue weighted by Crippen LogP contribution is 2.23. The minimum absolute atomic E-state index is 0.172. The fraction of sp³-hybridized carbons (Fsp3) is 0.667. The van der Waals surface area contributed by atoms with Crippen molar-refractivity contribution in [2.75, 3.05) is 28.2 Å². The van der Waals surface area contributed by atoms with Crippen LogP contribution in [0.2, 0.25) is 0 Å². The number of hydrogen-bond donors (Lipinski definition) is 5. The number of likely N-dealkylation sites (N-methyl/N-ethyl adjacent to an activating group) is 3. The van der Waals surface area contributed by atoms with Gasteiger partial charge in [-0.05, 0) is 0 Å². The standard InChI is InChI=1S/C12H21N5O6/c1-14-7(18)5(8(19)15(2)11(14)22)13-6-9(20)16(3)12(23)17(4)10(6)21/h5,7-9,13,18-21H,1-4H3. The van der Waals surface area contributed by atoms with Gasteiger partial charge in [0.2, 0.25) is 5.88 Å². The van der Waals surface area contributed by atoms with E-state index in [2.05, 4.69) is 5.32 Å².